The van der Waals surface area contributed by atoms with Crippen LogP contribution >= 0.6 is 12.2 Å². The Hall–Kier alpha value is -3.06. The zero-order valence-electron chi connectivity index (χ0n) is 12.1. The summed E-state index contributed by atoms with van der Waals surface area (Å²) in [5.74, 6) is 0. The van der Waals surface area contributed by atoms with Crippen molar-refractivity contribution in [3.63, 3.8) is 0 Å². The highest BCUT2D eigenvalue weighted by Gasteiger charge is 2.11. The van der Waals surface area contributed by atoms with Gasteiger partial charge in [0.05, 0.1) is 11.9 Å². The van der Waals surface area contributed by atoms with Crippen LogP contribution in [0.15, 0.2) is 66.2 Å². The standard InChI is InChI=1S/C16H14N6S/c17-16(23)20-19-10-13-11-22(14-6-2-1-3-7-14)21-15(13)12-5-4-8-18-9-12/h1-11H,(H3,17,20,23)/b19-10-. The van der Waals surface area contributed by atoms with Gasteiger partial charge in [0, 0.05) is 29.7 Å². The second-order valence-corrected chi connectivity index (χ2v) is 5.13. The lowest BCUT2D eigenvalue weighted by Gasteiger charge is -1.99. The van der Waals surface area contributed by atoms with Crippen LogP contribution in [-0.2, 0) is 0 Å². The molecule has 0 amide bonds. The number of aromatic nitrogens is 3. The van der Waals surface area contributed by atoms with Crippen molar-refractivity contribution in [3.8, 4) is 16.9 Å². The Balaban J connectivity index is 2.03. The van der Waals surface area contributed by atoms with Crippen molar-refractivity contribution in [2.45, 2.75) is 0 Å². The minimum atomic E-state index is 0.111. The molecule has 1 aromatic carbocycles. The van der Waals surface area contributed by atoms with Gasteiger partial charge >= 0.3 is 0 Å². The minimum absolute atomic E-state index is 0.111. The average molecular weight is 322 g/mol. The minimum Gasteiger partial charge on any atom is -0.375 e. The molecule has 0 aliphatic rings. The van der Waals surface area contributed by atoms with E-state index in [0.29, 0.717) is 0 Å². The molecule has 23 heavy (non-hydrogen) atoms. The molecular weight excluding hydrogens is 308 g/mol. The molecule has 0 saturated heterocycles. The van der Waals surface area contributed by atoms with E-state index >= 15 is 0 Å². The van der Waals surface area contributed by atoms with Gasteiger partial charge < -0.3 is 5.73 Å². The predicted octanol–water partition coefficient (Wildman–Crippen LogP) is 2.10. The molecule has 2 heterocycles. The van der Waals surface area contributed by atoms with Crippen molar-refractivity contribution in [1.29, 1.82) is 0 Å². The Morgan fingerprint density at radius 1 is 1.22 bits per heavy atom. The van der Waals surface area contributed by atoms with Crippen molar-refractivity contribution in [2.24, 2.45) is 10.8 Å². The van der Waals surface area contributed by atoms with E-state index in [1.165, 1.54) is 0 Å². The van der Waals surface area contributed by atoms with E-state index < -0.39 is 0 Å². The van der Waals surface area contributed by atoms with Gasteiger partial charge in [-0.25, -0.2) is 4.68 Å². The molecule has 0 aliphatic carbocycles. The molecule has 2 aromatic heterocycles. The van der Waals surface area contributed by atoms with Crippen LogP contribution in [0.5, 0.6) is 0 Å². The van der Waals surface area contributed by atoms with Gasteiger partial charge in [-0.3, -0.25) is 10.4 Å². The van der Waals surface area contributed by atoms with Crippen LogP contribution in [0.2, 0.25) is 0 Å². The van der Waals surface area contributed by atoms with E-state index in [9.17, 15) is 0 Å². The van der Waals surface area contributed by atoms with Crippen molar-refractivity contribution in [2.75, 3.05) is 0 Å². The number of nitrogens with zero attached hydrogens (tertiary/aromatic N) is 4. The van der Waals surface area contributed by atoms with Crippen molar-refractivity contribution in [1.82, 2.24) is 20.2 Å². The molecule has 0 radical (unpaired) electrons. The lowest BCUT2D eigenvalue weighted by atomic mass is 10.1. The first-order valence-corrected chi connectivity index (χ1v) is 7.29. The smallest absolute Gasteiger partial charge is 0.184 e. The molecule has 3 aromatic rings. The quantitative estimate of drug-likeness (QED) is 0.437. The van der Waals surface area contributed by atoms with Crippen LogP contribution in [-0.4, -0.2) is 26.1 Å². The number of rotatable bonds is 4. The third kappa shape index (κ3) is 3.58. The van der Waals surface area contributed by atoms with Crippen LogP contribution in [0.3, 0.4) is 0 Å². The molecular formula is C16H14N6S. The molecule has 3 rings (SSSR count). The normalized spacial score (nSPS) is 10.8. The van der Waals surface area contributed by atoms with E-state index in [2.05, 4.69) is 20.6 Å². The first-order chi connectivity index (χ1) is 11.2. The summed E-state index contributed by atoms with van der Waals surface area (Å²) in [4.78, 5) is 4.14. The average Bonchev–Trinajstić information content (AvgIpc) is 3.00. The summed E-state index contributed by atoms with van der Waals surface area (Å²) >= 11 is 4.74. The molecule has 6 nitrogen and oxygen atoms in total. The highest BCUT2D eigenvalue weighted by molar-refractivity contribution is 7.80. The third-order valence-electron chi connectivity index (χ3n) is 3.08. The molecule has 7 heteroatoms. The van der Waals surface area contributed by atoms with Crippen LogP contribution in [0.1, 0.15) is 5.56 Å². The number of thiocarbonyl (C=S) groups is 1. The number of nitrogens with two attached hydrogens (primary N) is 1. The summed E-state index contributed by atoms with van der Waals surface area (Å²) in [5, 5.41) is 8.77. The number of hydrogen-bond donors (Lipinski definition) is 2. The van der Waals surface area contributed by atoms with Crippen LogP contribution in [0, 0.1) is 0 Å². The third-order valence-corrected chi connectivity index (χ3v) is 3.17. The Bertz CT molecular complexity index is 826. The highest BCUT2D eigenvalue weighted by atomic mass is 32.1. The zero-order chi connectivity index (χ0) is 16.1. The van der Waals surface area contributed by atoms with Gasteiger partial charge in [0.1, 0.15) is 5.69 Å². The molecule has 0 aliphatic heterocycles. The summed E-state index contributed by atoms with van der Waals surface area (Å²) in [6.07, 6.45) is 7.01. The van der Waals surface area contributed by atoms with E-state index in [4.69, 9.17) is 18.0 Å². The maximum Gasteiger partial charge on any atom is 0.184 e. The van der Waals surface area contributed by atoms with Gasteiger partial charge in [-0.15, -0.1) is 0 Å². The summed E-state index contributed by atoms with van der Waals surface area (Å²) in [5.41, 5.74) is 11.4. The summed E-state index contributed by atoms with van der Waals surface area (Å²) in [6.45, 7) is 0. The number of hydrazone groups is 1. The predicted molar refractivity (Wildman–Crippen MR) is 94.3 cm³/mol. The summed E-state index contributed by atoms with van der Waals surface area (Å²) < 4.78 is 1.80. The molecule has 0 saturated carbocycles. The molecule has 0 spiro atoms. The van der Waals surface area contributed by atoms with Gasteiger partial charge in [0.25, 0.3) is 0 Å². The topological polar surface area (TPSA) is 81.1 Å². The van der Waals surface area contributed by atoms with E-state index in [-0.39, 0.29) is 5.11 Å². The maximum absolute atomic E-state index is 5.38. The molecule has 0 bridgehead atoms. The first-order valence-electron chi connectivity index (χ1n) is 6.88. The lowest BCUT2D eigenvalue weighted by molar-refractivity contribution is 0.884. The molecule has 114 valence electrons. The van der Waals surface area contributed by atoms with E-state index in [1.807, 2.05) is 48.7 Å². The molecule has 3 N–H and O–H groups in total. The van der Waals surface area contributed by atoms with Gasteiger partial charge in [0.2, 0.25) is 0 Å². The number of para-hydroxylation sites is 1. The lowest BCUT2D eigenvalue weighted by Crippen LogP contribution is -2.24. The van der Waals surface area contributed by atoms with E-state index in [0.717, 1.165) is 22.5 Å². The van der Waals surface area contributed by atoms with E-state index in [1.54, 1.807) is 23.3 Å². The SMILES string of the molecule is NC(=S)N/N=C\c1cn(-c2ccccc2)nc1-c1cccnc1. The Morgan fingerprint density at radius 3 is 2.74 bits per heavy atom. The highest BCUT2D eigenvalue weighted by Crippen LogP contribution is 2.21. The zero-order valence-corrected chi connectivity index (χ0v) is 12.9. The molecule has 0 fully saturated rings. The van der Waals surface area contributed by atoms with Gasteiger partial charge in [-0.1, -0.05) is 18.2 Å². The number of pyridine rings is 1. The van der Waals surface area contributed by atoms with Gasteiger partial charge in [-0.05, 0) is 36.5 Å². The molecule has 0 unspecified atom stereocenters. The fourth-order valence-corrected chi connectivity index (χ4v) is 2.14. The summed E-state index contributed by atoms with van der Waals surface area (Å²) in [6, 6.07) is 13.7. The first kappa shape index (κ1) is 14.9. The Kier molecular flexibility index (Phi) is 4.39. The fraction of sp³-hybridized carbons (Fsp3) is 0. The second-order valence-electron chi connectivity index (χ2n) is 4.69. The molecule has 0 atom stereocenters. The second kappa shape index (κ2) is 6.80. The maximum atomic E-state index is 5.38. The van der Waals surface area contributed by atoms with Crippen LogP contribution in [0.4, 0.5) is 0 Å². The number of benzene rings is 1. The Labute approximate surface area is 138 Å². The fourth-order valence-electron chi connectivity index (χ4n) is 2.09. The van der Waals surface area contributed by atoms with Crippen LogP contribution < -0.4 is 11.2 Å². The number of hydrogen-bond acceptors (Lipinski definition) is 4. The van der Waals surface area contributed by atoms with Crippen molar-refractivity contribution >= 4 is 23.5 Å². The summed E-state index contributed by atoms with van der Waals surface area (Å²) in [7, 11) is 0. The van der Waals surface area contributed by atoms with Crippen molar-refractivity contribution in [3.05, 3.63) is 66.6 Å². The van der Waals surface area contributed by atoms with Crippen molar-refractivity contribution < 1.29 is 0 Å². The van der Waals surface area contributed by atoms with Crippen LogP contribution in [0.25, 0.3) is 16.9 Å². The largest absolute Gasteiger partial charge is 0.375 e. The number of nitrogens with one attached hydrogen (secondary N) is 1. The monoisotopic (exact) mass is 322 g/mol. The van der Waals surface area contributed by atoms with Gasteiger partial charge in [-0.2, -0.15) is 10.2 Å². The Morgan fingerprint density at radius 2 is 2.04 bits per heavy atom. The van der Waals surface area contributed by atoms with Gasteiger partial charge in [0.15, 0.2) is 5.11 Å².